The number of halogens is 5. The molecule has 3 nitrogen and oxygen atoms in total. The molecule has 0 amide bonds. The summed E-state index contributed by atoms with van der Waals surface area (Å²) in [6, 6.07) is 0.388. The Morgan fingerprint density at radius 1 is 1.14 bits per heavy atom. The highest BCUT2D eigenvalue weighted by Crippen LogP contribution is 2.40. The number of rotatable bonds is 4. The highest BCUT2D eigenvalue weighted by atomic mass is 79.9. The van der Waals surface area contributed by atoms with Crippen LogP contribution in [0.25, 0.3) is 10.9 Å². The van der Waals surface area contributed by atoms with E-state index >= 15 is 0 Å². The molecule has 2 atom stereocenters. The van der Waals surface area contributed by atoms with Crippen molar-refractivity contribution >= 4 is 38.2 Å². The molecule has 0 radical (unpaired) electrons. The van der Waals surface area contributed by atoms with Crippen LogP contribution in [0.3, 0.4) is 0 Å². The van der Waals surface area contributed by atoms with Crippen molar-refractivity contribution in [1.29, 1.82) is 0 Å². The largest absolute Gasteiger partial charge is 0.598 e. The van der Waals surface area contributed by atoms with Gasteiger partial charge in [0.05, 0.1) is 4.47 Å². The molecule has 0 aliphatic heterocycles. The number of nitrogens with one attached hydrogen (secondary N) is 1. The number of hydrogen-bond acceptors (Lipinski definition) is 2. The molecular formula is C19H25BrF4N2OS. The van der Waals surface area contributed by atoms with Crippen LogP contribution in [0.5, 0.6) is 0 Å². The van der Waals surface area contributed by atoms with Gasteiger partial charge in [0.15, 0.2) is 6.04 Å². The summed E-state index contributed by atoms with van der Waals surface area (Å²) in [4.78, 5) is 0. The Kier molecular flexibility index (Phi) is 6.56. The number of hydrogen-bond donors (Lipinski definition) is 1. The third-order valence-corrected chi connectivity index (χ3v) is 6.19. The SMILES string of the molecule is CC(C)(C)Cn1cc([C@H](N[S+]([O-])C(C)(C)C)C(F)(F)F)c2cc(F)c(Br)cc21. The van der Waals surface area contributed by atoms with Crippen LogP contribution in [0.15, 0.2) is 22.8 Å². The molecule has 2 aromatic rings. The maximum Gasteiger partial charge on any atom is 0.412 e. The molecule has 1 aromatic carbocycles. The molecule has 0 spiro atoms. The maximum absolute atomic E-state index is 14.2. The number of aromatic nitrogens is 1. The van der Waals surface area contributed by atoms with E-state index in [0.29, 0.717) is 12.1 Å². The molecule has 0 saturated heterocycles. The van der Waals surface area contributed by atoms with Crippen molar-refractivity contribution in [1.82, 2.24) is 9.29 Å². The van der Waals surface area contributed by atoms with Gasteiger partial charge in [-0.25, -0.2) is 4.39 Å². The summed E-state index contributed by atoms with van der Waals surface area (Å²) in [5.41, 5.74) is 0.131. The van der Waals surface area contributed by atoms with Crippen molar-refractivity contribution in [3.8, 4) is 0 Å². The molecule has 158 valence electrons. The second-order valence-electron chi connectivity index (χ2n) is 9.03. The minimum atomic E-state index is -4.70. The molecular weight excluding hydrogens is 460 g/mol. The van der Waals surface area contributed by atoms with Gasteiger partial charge in [0.2, 0.25) is 0 Å². The normalized spacial score (nSPS) is 15.9. The summed E-state index contributed by atoms with van der Waals surface area (Å²) in [5, 5.41) is 0.144. The van der Waals surface area contributed by atoms with E-state index in [1.807, 2.05) is 20.8 Å². The van der Waals surface area contributed by atoms with Gasteiger partial charge >= 0.3 is 6.18 Å². The quantitative estimate of drug-likeness (QED) is 0.411. The van der Waals surface area contributed by atoms with E-state index in [-0.39, 0.29) is 20.8 Å². The van der Waals surface area contributed by atoms with E-state index in [2.05, 4.69) is 20.7 Å². The monoisotopic (exact) mass is 484 g/mol. The molecule has 2 rings (SSSR count). The van der Waals surface area contributed by atoms with Crippen LogP contribution in [-0.2, 0) is 17.9 Å². The van der Waals surface area contributed by atoms with E-state index in [1.165, 1.54) is 12.3 Å². The van der Waals surface area contributed by atoms with Crippen LogP contribution in [0.1, 0.15) is 53.1 Å². The molecule has 9 heteroatoms. The first-order valence-electron chi connectivity index (χ1n) is 8.73. The number of alkyl halides is 3. The fraction of sp³-hybridized carbons (Fsp3) is 0.579. The fourth-order valence-electron chi connectivity index (χ4n) is 2.77. The number of fused-ring (bicyclic) bond motifs is 1. The van der Waals surface area contributed by atoms with Gasteiger partial charge in [-0.3, -0.25) is 0 Å². The van der Waals surface area contributed by atoms with Crippen LogP contribution < -0.4 is 4.72 Å². The van der Waals surface area contributed by atoms with Crippen LogP contribution >= 0.6 is 15.9 Å². The van der Waals surface area contributed by atoms with Crippen molar-refractivity contribution in [3.05, 3.63) is 34.2 Å². The Morgan fingerprint density at radius 2 is 1.71 bits per heavy atom. The van der Waals surface area contributed by atoms with Crippen molar-refractivity contribution in [2.45, 2.75) is 65.1 Å². The van der Waals surface area contributed by atoms with Crippen molar-refractivity contribution < 1.29 is 22.1 Å². The lowest BCUT2D eigenvalue weighted by atomic mass is 9.97. The lowest BCUT2D eigenvalue weighted by Crippen LogP contribution is -2.45. The predicted octanol–water partition coefficient (Wildman–Crippen LogP) is 6.24. The zero-order valence-corrected chi connectivity index (χ0v) is 19.1. The van der Waals surface area contributed by atoms with Gasteiger partial charge in [0.1, 0.15) is 10.6 Å². The van der Waals surface area contributed by atoms with Gasteiger partial charge in [-0.1, -0.05) is 20.8 Å². The highest BCUT2D eigenvalue weighted by Gasteiger charge is 2.47. The minimum Gasteiger partial charge on any atom is -0.598 e. The predicted molar refractivity (Wildman–Crippen MR) is 109 cm³/mol. The number of benzene rings is 1. The lowest BCUT2D eigenvalue weighted by Gasteiger charge is -2.29. The van der Waals surface area contributed by atoms with Crippen LogP contribution in [0.4, 0.5) is 17.6 Å². The number of nitrogens with zero attached hydrogens (tertiary/aromatic N) is 1. The molecule has 0 aliphatic carbocycles. The zero-order chi connectivity index (χ0) is 21.7. The second kappa shape index (κ2) is 7.81. The van der Waals surface area contributed by atoms with Gasteiger partial charge in [0, 0.05) is 40.6 Å². The molecule has 0 bridgehead atoms. The summed E-state index contributed by atoms with van der Waals surface area (Å²) in [7, 11) is 0. The van der Waals surface area contributed by atoms with Crippen molar-refractivity contribution in [2.24, 2.45) is 5.41 Å². The van der Waals surface area contributed by atoms with Gasteiger partial charge < -0.3 is 9.12 Å². The average molecular weight is 485 g/mol. The third-order valence-electron chi connectivity index (χ3n) is 4.02. The fourth-order valence-corrected chi connectivity index (χ4v) is 3.93. The van der Waals surface area contributed by atoms with E-state index in [9.17, 15) is 22.1 Å². The first-order valence-corrected chi connectivity index (χ1v) is 10.7. The Labute approximate surface area is 174 Å². The van der Waals surface area contributed by atoms with E-state index in [4.69, 9.17) is 0 Å². The maximum atomic E-state index is 14.2. The van der Waals surface area contributed by atoms with E-state index < -0.39 is 34.1 Å². The summed E-state index contributed by atoms with van der Waals surface area (Å²) in [6.07, 6.45) is -3.32. The molecule has 28 heavy (non-hydrogen) atoms. The average Bonchev–Trinajstić information content (AvgIpc) is 2.78. The first-order chi connectivity index (χ1) is 12.5. The zero-order valence-electron chi connectivity index (χ0n) is 16.7. The summed E-state index contributed by atoms with van der Waals surface area (Å²) in [6.45, 7) is 11.1. The van der Waals surface area contributed by atoms with E-state index in [0.717, 1.165) is 6.07 Å². The molecule has 1 unspecified atom stereocenters. The molecule has 0 saturated carbocycles. The Balaban J connectivity index is 2.69. The lowest BCUT2D eigenvalue weighted by molar-refractivity contribution is -0.152. The summed E-state index contributed by atoms with van der Waals surface area (Å²) >= 11 is 1.15. The van der Waals surface area contributed by atoms with Crippen molar-refractivity contribution in [2.75, 3.05) is 0 Å². The third kappa shape index (κ3) is 5.43. The van der Waals surface area contributed by atoms with E-state index in [1.54, 1.807) is 25.3 Å². The summed E-state index contributed by atoms with van der Waals surface area (Å²) < 4.78 is 71.5. The molecule has 0 fully saturated rings. The second-order valence-corrected chi connectivity index (χ2v) is 11.9. The summed E-state index contributed by atoms with van der Waals surface area (Å²) in [5.74, 6) is -0.653. The van der Waals surface area contributed by atoms with Crippen molar-refractivity contribution in [3.63, 3.8) is 0 Å². The van der Waals surface area contributed by atoms with Gasteiger partial charge in [-0.15, -0.1) is 4.72 Å². The van der Waals surface area contributed by atoms with Crippen LogP contribution in [0, 0.1) is 11.2 Å². The molecule has 1 aromatic heterocycles. The molecule has 1 N–H and O–H groups in total. The molecule has 1 heterocycles. The van der Waals surface area contributed by atoms with Gasteiger partial charge in [-0.2, -0.15) is 13.2 Å². The first kappa shape index (κ1) is 23.5. The Bertz CT molecular complexity index is 853. The Morgan fingerprint density at radius 3 is 2.18 bits per heavy atom. The smallest absolute Gasteiger partial charge is 0.412 e. The highest BCUT2D eigenvalue weighted by molar-refractivity contribution is 9.10. The van der Waals surface area contributed by atoms with Gasteiger partial charge in [0.25, 0.3) is 0 Å². The topological polar surface area (TPSA) is 40.0 Å². The van der Waals surface area contributed by atoms with Crippen LogP contribution in [0.2, 0.25) is 0 Å². The standard InChI is InChI=1S/C19H25BrF4N2OS/c1-17(2,3)10-26-9-12(11-7-14(21)13(20)8-15(11)26)16(19(22,23)24)25-28(27)18(4,5)6/h7-9,16,25H,10H2,1-6H3/t16-,28?/m0/s1. The van der Waals surface area contributed by atoms with Gasteiger partial charge in [-0.05, 0) is 54.2 Å². The molecule has 0 aliphatic rings. The van der Waals surface area contributed by atoms with Crippen LogP contribution in [-0.4, -0.2) is 20.0 Å². The minimum absolute atomic E-state index is 0.143. The Hall–Kier alpha value is -0.770.